The Morgan fingerprint density at radius 1 is 0.651 bits per heavy atom. The number of benzene rings is 2. The highest BCUT2D eigenvalue weighted by Gasteiger charge is 2.39. The van der Waals surface area contributed by atoms with Gasteiger partial charge in [0.1, 0.15) is 4.60 Å². The van der Waals surface area contributed by atoms with Crippen LogP contribution in [0, 0.1) is 11.8 Å². The molecule has 15 heteroatoms. The molecule has 8 rings (SSSR count). The predicted molar refractivity (Wildman–Crippen MR) is 242 cm³/mol. The summed E-state index contributed by atoms with van der Waals surface area (Å²) in [5.41, 5.74) is 4.62. The Balaban J connectivity index is 0.000000193. The zero-order chi connectivity index (χ0) is 44.3. The summed E-state index contributed by atoms with van der Waals surface area (Å²) in [5, 5.41) is 0. The standard InChI is InChI=1S/C26H34N3O5P.C22H24BrN3O2/c1-3-33-35(32,34-4-2)25-17-27-21(16-28-25)15-24(30)23(14-19-10-6-5-7-11-19)29-18-20-12-8-9-13-22(20)26(29)31;23-21-13-24-17(12-25-21)11-20(27)19(10-15-6-2-1-3-7-15)26-14-16-8-4-5-9-18(16)22(26)28/h8-9,12-13,16-17,19,23H,3-7,10-11,14-15,18H2,1-2H3;4-5,8-9,12-13,15,19H,1-3,6-7,10-11,14H2. The van der Waals surface area contributed by atoms with Gasteiger partial charge in [-0.15, -0.1) is 0 Å². The van der Waals surface area contributed by atoms with Gasteiger partial charge < -0.3 is 18.8 Å². The minimum atomic E-state index is -3.54. The monoisotopic (exact) mass is 940 g/mol. The number of Topliss-reactive ketones (excluding diaryl/α,β-unsaturated/α-hetero) is 2. The summed E-state index contributed by atoms with van der Waals surface area (Å²) in [6, 6.07) is 14.3. The number of carbonyl (C=O) groups is 4. The molecule has 0 N–H and O–H groups in total. The summed E-state index contributed by atoms with van der Waals surface area (Å²) in [6.07, 6.45) is 19.5. The lowest BCUT2D eigenvalue weighted by Crippen LogP contribution is -2.43. The highest BCUT2D eigenvalue weighted by atomic mass is 79.9. The Kier molecular flexibility index (Phi) is 16.2. The van der Waals surface area contributed by atoms with E-state index in [-0.39, 0.29) is 54.9 Å². The van der Waals surface area contributed by atoms with Crippen molar-refractivity contribution in [1.29, 1.82) is 0 Å². The van der Waals surface area contributed by atoms with Crippen LogP contribution >= 0.6 is 23.5 Å². The smallest absolute Gasteiger partial charge is 0.324 e. The zero-order valence-corrected chi connectivity index (χ0v) is 38.8. The van der Waals surface area contributed by atoms with Crippen molar-refractivity contribution in [1.82, 2.24) is 29.7 Å². The van der Waals surface area contributed by atoms with E-state index in [1.54, 1.807) is 36.0 Å². The lowest BCUT2D eigenvalue weighted by Gasteiger charge is -2.31. The van der Waals surface area contributed by atoms with Crippen molar-refractivity contribution in [3.63, 3.8) is 0 Å². The van der Waals surface area contributed by atoms with Crippen molar-refractivity contribution in [2.24, 2.45) is 11.8 Å². The Morgan fingerprint density at radius 3 is 1.49 bits per heavy atom. The van der Waals surface area contributed by atoms with Gasteiger partial charge in [0.15, 0.2) is 17.0 Å². The van der Waals surface area contributed by atoms with Gasteiger partial charge in [0.2, 0.25) is 0 Å². The number of hydrogen-bond acceptors (Lipinski definition) is 11. The molecule has 4 heterocycles. The summed E-state index contributed by atoms with van der Waals surface area (Å²) in [7, 11) is -3.54. The van der Waals surface area contributed by atoms with E-state index in [1.807, 2.05) is 48.5 Å². The van der Waals surface area contributed by atoms with Gasteiger partial charge in [-0.1, -0.05) is 101 Å². The number of carbonyl (C=O) groups excluding carboxylic acids is 4. The molecule has 2 aromatic heterocycles. The Bertz CT molecular complexity index is 2260. The molecule has 4 aliphatic rings. The SMILES string of the molecule is CCOP(=O)(OCC)c1cnc(CC(=O)C(CC2CCCCC2)N2Cc3ccccc3C2=O)cn1.O=C(Cc1cnc(Br)cn1)C(CC1CCCCC1)N1Cc2ccccc2C1=O. The van der Waals surface area contributed by atoms with Crippen LogP contribution in [-0.4, -0.2) is 78.4 Å². The molecule has 334 valence electrons. The fourth-order valence-corrected chi connectivity index (χ4v) is 11.1. The van der Waals surface area contributed by atoms with Crippen LogP contribution in [0.5, 0.6) is 0 Å². The summed E-state index contributed by atoms with van der Waals surface area (Å²) >= 11 is 3.27. The van der Waals surface area contributed by atoms with Gasteiger partial charge in [-0.2, -0.15) is 0 Å². The van der Waals surface area contributed by atoms with E-state index in [0.29, 0.717) is 52.9 Å². The van der Waals surface area contributed by atoms with Crippen LogP contribution in [0.15, 0.2) is 77.9 Å². The van der Waals surface area contributed by atoms with Crippen LogP contribution in [0.4, 0.5) is 0 Å². The van der Waals surface area contributed by atoms with E-state index < -0.39 is 19.7 Å². The molecular weight excluding hydrogens is 883 g/mol. The molecule has 0 radical (unpaired) electrons. The van der Waals surface area contributed by atoms with Gasteiger partial charge in [0.05, 0.1) is 68.1 Å². The first-order chi connectivity index (χ1) is 30.6. The van der Waals surface area contributed by atoms with Crippen LogP contribution < -0.4 is 5.44 Å². The van der Waals surface area contributed by atoms with Crippen LogP contribution in [-0.2, 0) is 49.1 Å². The first-order valence-electron chi connectivity index (χ1n) is 22.6. The molecule has 2 fully saturated rings. The average Bonchev–Trinajstić information content (AvgIpc) is 3.82. The van der Waals surface area contributed by atoms with Crippen LogP contribution in [0.3, 0.4) is 0 Å². The second-order valence-corrected chi connectivity index (χ2v) is 19.8. The third kappa shape index (κ3) is 11.6. The maximum absolute atomic E-state index is 13.6. The zero-order valence-electron chi connectivity index (χ0n) is 36.3. The highest BCUT2D eigenvalue weighted by Crippen LogP contribution is 2.46. The molecule has 0 spiro atoms. The van der Waals surface area contributed by atoms with Crippen molar-refractivity contribution in [3.8, 4) is 0 Å². The van der Waals surface area contributed by atoms with Crippen molar-refractivity contribution in [2.75, 3.05) is 13.2 Å². The lowest BCUT2D eigenvalue weighted by molar-refractivity contribution is -0.124. The average molecular weight is 942 g/mol. The van der Waals surface area contributed by atoms with E-state index in [9.17, 15) is 23.7 Å². The first kappa shape index (κ1) is 46.5. The predicted octanol–water partition coefficient (Wildman–Crippen LogP) is 8.82. The van der Waals surface area contributed by atoms with Gasteiger partial charge >= 0.3 is 7.60 Å². The molecule has 4 aromatic rings. The Hall–Kier alpha value is -4.49. The van der Waals surface area contributed by atoms with E-state index in [4.69, 9.17) is 9.05 Å². The van der Waals surface area contributed by atoms with E-state index in [0.717, 1.165) is 48.8 Å². The van der Waals surface area contributed by atoms with E-state index in [1.165, 1.54) is 50.9 Å². The maximum atomic E-state index is 13.6. The van der Waals surface area contributed by atoms with Crippen LogP contribution in [0.2, 0.25) is 0 Å². The van der Waals surface area contributed by atoms with Gasteiger partial charge in [0.25, 0.3) is 11.8 Å². The number of halogens is 1. The van der Waals surface area contributed by atoms with E-state index in [2.05, 4.69) is 35.9 Å². The summed E-state index contributed by atoms with van der Waals surface area (Å²) in [5.74, 6) is 0.860. The molecule has 2 aliphatic carbocycles. The normalized spacial score (nSPS) is 17.8. The second-order valence-electron chi connectivity index (χ2n) is 17.0. The Labute approximate surface area is 378 Å². The molecule has 13 nitrogen and oxygen atoms in total. The molecule has 63 heavy (non-hydrogen) atoms. The van der Waals surface area contributed by atoms with Crippen molar-refractivity contribution in [2.45, 2.75) is 129 Å². The second kappa shape index (κ2) is 21.9. The molecule has 2 atom stereocenters. The largest absolute Gasteiger partial charge is 0.381 e. The summed E-state index contributed by atoms with van der Waals surface area (Å²) < 4.78 is 24.2. The molecule has 2 aliphatic heterocycles. The number of nitrogens with zero attached hydrogens (tertiary/aromatic N) is 6. The van der Waals surface area contributed by atoms with Gasteiger partial charge in [-0.05, 0) is 77.7 Å². The topological polar surface area (TPSA) is 162 Å². The number of fused-ring (bicyclic) bond motifs is 2. The van der Waals surface area contributed by atoms with Crippen LogP contribution in [0.1, 0.15) is 134 Å². The molecule has 2 aromatic carbocycles. The number of amides is 2. The van der Waals surface area contributed by atoms with Gasteiger partial charge in [-0.25, -0.2) is 9.97 Å². The Morgan fingerprint density at radius 2 is 1.10 bits per heavy atom. The van der Waals surface area contributed by atoms with Crippen molar-refractivity contribution >= 4 is 52.3 Å². The van der Waals surface area contributed by atoms with Crippen molar-refractivity contribution < 1.29 is 32.8 Å². The molecule has 2 unspecified atom stereocenters. The summed E-state index contributed by atoms with van der Waals surface area (Å²) in [6.45, 7) is 4.87. The summed E-state index contributed by atoms with van der Waals surface area (Å²) in [4.78, 5) is 73.7. The molecule has 2 saturated carbocycles. The fraction of sp³-hybridized carbons (Fsp3) is 0.500. The fourth-order valence-electron chi connectivity index (χ4n) is 9.51. The minimum absolute atomic E-state index is 0.0216. The first-order valence-corrected chi connectivity index (χ1v) is 24.9. The quantitative estimate of drug-likeness (QED) is 0.0931. The number of ketones is 2. The third-order valence-corrected chi connectivity index (χ3v) is 15.1. The van der Waals surface area contributed by atoms with Crippen LogP contribution in [0.25, 0.3) is 0 Å². The lowest BCUT2D eigenvalue weighted by atomic mass is 9.83. The molecule has 2 amide bonds. The van der Waals surface area contributed by atoms with Gasteiger partial charge in [-0.3, -0.25) is 33.7 Å². The van der Waals surface area contributed by atoms with Crippen molar-refractivity contribution in [3.05, 3.63) is 112 Å². The molecule has 0 bridgehead atoms. The number of aromatic nitrogens is 4. The maximum Gasteiger partial charge on any atom is 0.381 e. The highest BCUT2D eigenvalue weighted by molar-refractivity contribution is 9.10. The molecule has 0 saturated heterocycles. The number of rotatable bonds is 17. The number of hydrogen-bond donors (Lipinski definition) is 0. The minimum Gasteiger partial charge on any atom is -0.324 e. The van der Waals surface area contributed by atoms with E-state index >= 15 is 0 Å². The van der Waals surface area contributed by atoms with Gasteiger partial charge in [0, 0.05) is 30.4 Å². The molecular formula is C48H58BrN6O7P. The third-order valence-electron chi connectivity index (χ3n) is 12.7.